The summed E-state index contributed by atoms with van der Waals surface area (Å²) in [5, 5.41) is 3.31. The van der Waals surface area contributed by atoms with Gasteiger partial charge in [-0.15, -0.1) is 11.6 Å². The lowest BCUT2D eigenvalue weighted by Crippen LogP contribution is -2.20. The molecule has 0 aromatic heterocycles. The van der Waals surface area contributed by atoms with Crippen LogP contribution in [0.25, 0.3) is 0 Å². The van der Waals surface area contributed by atoms with Gasteiger partial charge in [-0.05, 0) is 37.6 Å². The van der Waals surface area contributed by atoms with E-state index in [2.05, 4.69) is 12.2 Å². The van der Waals surface area contributed by atoms with Crippen molar-refractivity contribution < 1.29 is 4.39 Å². The summed E-state index contributed by atoms with van der Waals surface area (Å²) in [6.45, 7) is 2.95. The highest BCUT2D eigenvalue weighted by Gasteiger charge is 2.03. The Hall–Kier alpha value is -0.600. The Kier molecular flexibility index (Phi) is 4.91. The first-order valence-corrected chi connectivity index (χ1v) is 5.32. The first kappa shape index (κ1) is 11.5. The van der Waals surface area contributed by atoms with Gasteiger partial charge in [0.05, 0.1) is 0 Å². The molecular formula is C11H15ClFN. The molecule has 0 saturated heterocycles. The quantitative estimate of drug-likeness (QED) is 0.588. The van der Waals surface area contributed by atoms with E-state index in [0.29, 0.717) is 5.88 Å². The Morgan fingerprint density at radius 1 is 1.36 bits per heavy atom. The molecule has 0 bridgehead atoms. The number of rotatable bonds is 5. The van der Waals surface area contributed by atoms with E-state index < -0.39 is 0 Å². The Balaban J connectivity index is 2.43. The molecule has 1 aromatic rings. The molecule has 0 saturated carbocycles. The van der Waals surface area contributed by atoms with Gasteiger partial charge in [0.1, 0.15) is 5.82 Å². The number of benzene rings is 1. The summed E-state index contributed by atoms with van der Waals surface area (Å²) in [4.78, 5) is 0. The summed E-state index contributed by atoms with van der Waals surface area (Å²) >= 11 is 5.56. The van der Waals surface area contributed by atoms with E-state index in [1.54, 1.807) is 12.1 Å². The maximum atomic E-state index is 12.6. The summed E-state index contributed by atoms with van der Waals surface area (Å²) in [5.74, 6) is 0.477. The van der Waals surface area contributed by atoms with Crippen LogP contribution in [0.2, 0.25) is 0 Å². The highest BCUT2D eigenvalue weighted by atomic mass is 35.5. The molecule has 0 spiro atoms. The molecule has 0 aliphatic rings. The number of nitrogens with one attached hydrogen (secondary N) is 1. The average Bonchev–Trinajstić information content (AvgIpc) is 2.19. The number of halogens is 2. The molecule has 78 valence electrons. The van der Waals surface area contributed by atoms with Gasteiger partial charge in [0.2, 0.25) is 0 Å². The molecule has 0 aliphatic heterocycles. The van der Waals surface area contributed by atoms with Crippen molar-refractivity contribution in [3.05, 3.63) is 35.6 Å². The maximum Gasteiger partial charge on any atom is 0.123 e. The van der Waals surface area contributed by atoms with E-state index in [-0.39, 0.29) is 11.9 Å². The maximum absolute atomic E-state index is 12.6. The van der Waals surface area contributed by atoms with Gasteiger partial charge in [-0.1, -0.05) is 12.1 Å². The summed E-state index contributed by atoms with van der Waals surface area (Å²) in [6, 6.07) is 6.81. The van der Waals surface area contributed by atoms with Crippen LogP contribution in [0.5, 0.6) is 0 Å². The number of hydrogen-bond acceptors (Lipinski definition) is 1. The second kappa shape index (κ2) is 5.99. The smallest absolute Gasteiger partial charge is 0.123 e. The third kappa shape index (κ3) is 3.64. The number of hydrogen-bond donors (Lipinski definition) is 1. The van der Waals surface area contributed by atoms with Gasteiger partial charge in [-0.25, -0.2) is 4.39 Å². The minimum absolute atomic E-state index is 0.193. The van der Waals surface area contributed by atoms with Crippen LogP contribution < -0.4 is 5.32 Å². The van der Waals surface area contributed by atoms with Crippen molar-refractivity contribution in [2.45, 2.75) is 19.4 Å². The van der Waals surface area contributed by atoms with Crippen LogP contribution >= 0.6 is 11.6 Å². The molecule has 0 heterocycles. The Morgan fingerprint density at radius 2 is 2.00 bits per heavy atom. The van der Waals surface area contributed by atoms with Gasteiger partial charge in [0, 0.05) is 11.9 Å². The highest BCUT2D eigenvalue weighted by Crippen LogP contribution is 2.12. The molecule has 1 rings (SSSR count). The van der Waals surface area contributed by atoms with E-state index in [4.69, 9.17) is 11.6 Å². The summed E-state index contributed by atoms with van der Waals surface area (Å²) in [7, 11) is 0. The van der Waals surface area contributed by atoms with Gasteiger partial charge in [-0.3, -0.25) is 0 Å². The van der Waals surface area contributed by atoms with Crippen LogP contribution in [0.3, 0.4) is 0 Å². The molecule has 1 nitrogen and oxygen atoms in total. The van der Waals surface area contributed by atoms with E-state index >= 15 is 0 Å². The SMILES string of the molecule is C[C@H](NCCCCl)c1ccc(F)cc1. The van der Waals surface area contributed by atoms with Crippen molar-refractivity contribution >= 4 is 11.6 Å². The summed E-state index contributed by atoms with van der Waals surface area (Å²) < 4.78 is 12.6. The zero-order chi connectivity index (χ0) is 10.4. The molecule has 0 radical (unpaired) electrons. The van der Waals surface area contributed by atoms with Crippen LogP contribution in [0, 0.1) is 5.82 Å². The van der Waals surface area contributed by atoms with Gasteiger partial charge in [0.25, 0.3) is 0 Å². The van der Waals surface area contributed by atoms with E-state index in [1.165, 1.54) is 12.1 Å². The van der Waals surface area contributed by atoms with Gasteiger partial charge in [0.15, 0.2) is 0 Å². The molecule has 1 N–H and O–H groups in total. The normalized spacial score (nSPS) is 12.8. The van der Waals surface area contributed by atoms with Crippen molar-refractivity contribution in [1.82, 2.24) is 5.32 Å². The Labute approximate surface area is 89.3 Å². The molecule has 3 heteroatoms. The summed E-state index contributed by atoms with van der Waals surface area (Å²) in [5.41, 5.74) is 1.10. The third-order valence-electron chi connectivity index (χ3n) is 2.13. The lowest BCUT2D eigenvalue weighted by atomic mass is 10.1. The first-order valence-electron chi connectivity index (χ1n) is 4.79. The van der Waals surface area contributed by atoms with Crippen LogP contribution in [0.1, 0.15) is 24.9 Å². The van der Waals surface area contributed by atoms with Crippen LogP contribution in [-0.4, -0.2) is 12.4 Å². The average molecular weight is 216 g/mol. The molecule has 1 atom stereocenters. The molecule has 14 heavy (non-hydrogen) atoms. The monoisotopic (exact) mass is 215 g/mol. The fourth-order valence-electron chi connectivity index (χ4n) is 1.25. The predicted molar refractivity (Wildman–Crippen MR) is 58.2 cm³/mol. The topological polar surface area (TPSA) is 12.0 Å². The molecule has 0 fully saturated rings. The first-order chi connectivity index (χ1) is 6.74. The van der Waals surface area contributed by atoms with E-state index in [1.807, 2.05) is 0 Å². The standard InChI is InChI=1S/C11H15ClFN/c1-9(14-8-2-7-12)10-3-5-11(13)6-4-10/h3-6,9,14H,2,7-8H2,1H3/t9-/m0/s1. The van der Waals surface area contributed by atoms with E-state index in [9.17, 15) is 4.39 Å². The van der Waals surface area contributed by atoms with E-state index in [0.717, 1.165) is 18.5 Å². The van der Waals surface area contributed by atoms with Crippen molar-refractivity contribution in [2.75, 3.05) is 12.4 Å². The second-order valence-corrected chi connectivity index (χ2v) is 3.65. The van der Waals surface area contributed by atoms with Gasteiger partial charge >= 0.3 is 0 Å². The third-order valence-corrected chi connectivity index (χ3v) is 2.40. The molecule has 0 unspecified atom stereocenters. The second-order valence-electron chi connectivity index (χ2n) is 3.27. The lowest BCUT2D eigenvalue weighted by Gasteiger charge is -2.13. The van der Waals surface area contributed by atoms with Gasteiger partial charge < -0.3 is 5.32 Å². The van der Waals surface area contributed by atoms with Crippen LogP contribution in [-0.2, 0) is 0 Å². The predicted octanol–water partition coefficient (Wildman–Crippen LogP) is 3.11. The Morgan fingerprint density at radius 3 is 2.57 bits per heavy atom. The zero-order valence-electron chi connectivity index (χ0n) is 8.26. The van der Waals surface area contributed by atoms with Crippen molar-refractivity contribution in [1.29, 1.82) is 0 Å². The van der Waals surface area contributed by atoms with Crippen molar-refractivity contribution in [2.24, 2.45) is 0 Å². The summed E-state index contributed by atoms with van der Waals surface area (Å²) in [6.07, 6.45) is 0.951. The zero-order valence-corrected chi connectivity index (χ0v) is 9.02. The van der Waals surface area contributed by atoms with Crippen molar-refractivity contribution in [3.8, 4) is 0 Å². The minimum Gasteiger partial charge on any atom is -0.310 e. The fourth-order valence-corrected chi connectivity index (χ4v) is 1.39. The van der Waals surface area contributed by atoms with Crippen LogP contribution in [0.15, 0.2) is 24.3 Å². The lowest BCUT2D eigenvalue weighted by molar-refractivity contribution is 0.569. The Bertz CT molecular complexity index is 260. The van der Waals surface area contributed by atoms with Crippen molar-refractivity contribution in [3.63, 3.8) is 0 Å². The molecule has 0 aliphatic carbocycles. The minimum atomic E-state index is -0.193. The molecular weight excluding hydrogens is 201 g/mol. The van der Waals surface area contributed by atoms with Gasteiger partial charge in [-0.2, -0.15) is 0 Å². The number of alkyl halides is 1. The molecule has 0 amide bonds. The largest absolute Gasteiger partial charge is 0.310 e. The van der Waals surface area contributed by atoms with Crippen LogP contribution in [0.4, 0.5) is 4.39 Å². The molecule has 1 aromatic carbocycles. The fraction of sp³-hybridized carbons (Fsp3) is 0.455. The highest BCUT2D eigenvalue weighted by molar-refractivity contribution is 6.17.